The van der Waals surface area contributed by atoms with Gasteiger partial charge in [-0.15, -0.1) is 0 Å². The second-order valence-electron chi connectivity index (χ2n) is 7.30. The molecule has 0 aromatic carbocycles. The maximum atomic E-state index is 12.2. The van der Waals surface area contributed by atoms with E-state index in [4.69, 9.17) is 4.74 Å². The molecule has 2 saturated heterocycles. The molecule has 2 aliphatic rings. The Bertz CT molecular complexity index is 359. The van der Waals surface area contributed by atoms with Crippen molar-refractivity contribution in [2.75, 3.05) is 32.7 Å². The summed E-state index contributed by atoms with van der Waals surface area (Å²) in [4.78, 5) is 15.3. The first-order valence-electron chi connectivity index (χ1n) is 7.71. The van der Waals surface area contributed by atoms with Crippen molar-refractivity contribution < 1.29 is 18.3 Å². The fraction of sp³-hybridized carbons (Fsp3) is 0.933. The summed E-state index contributed by atoms with van der Waals surface area (Å²) in [6.45, 7) is 8.63. The van der Waals surface area contributed by atoms with Gasteiger partial charge < -0.3 is 9.64 Å². The number of hydrogen-bond donors (Lipinski definition) is 0. The van der Waals surface area contributed by atoms with Crippen molar-refractivity contribution in [1.29, 1.82) is 0 Å². The van der Waals surface area contributed by atoms with Crippen LogP contribution in [0.4, 0.5) is 13.6 Å². The number of amides is 1. The first-order chi connectivity index (χ1) is 9.73. The number of likely N-dealkylation sites (tertiary alicyclic amines) is 2. The Kier molecular flexibility index (Phi) is 5.07. The second-order valence-corrected chi connectivity index (χ2v) is 7.30. The van der Waals surface area contributed by atoms with Crippen LogP contribution in [0.5, 0.6) is 0 Å². The first kappa shape index (κ1) is 16.5. The van der Waals surface area contributed by atoms with E-state index < -0.39 is 12.0 Å². The summed E-state index contributed by atoms with van der Waals surface area (Å²) >= 11 is 0. The van der Waals surface area contributed by atoms with Crippen molar-refractivity contribution in [1.82, 2.24) is 9.80 Å². The SMILES string of the molecule is CC(C)(C)OC(=O)N1CC(CCC2CN(CC(F)F)C2)C1. The number of carbonyl (C=O) groups excluding carboxylic acids is 1. The van der Waals surface area contributed by atoms with Crippen LogP contribution in [0, 0.1) is 11.8 Å². The van der Waals surface area contributed by atoms with E-state index in [0.29, 0.717) is 11.8 Å². The van der Waals surface area contributed by atoms with E-state index in [1.807, 2.05) is 25.7 Å². The number of hydrogen-bond acceptors (Lipinski definition) is 3. The van der Waals surface area contributed by atoms with Crippen molar-refractivity contribution in [2.45, 2.75) is 45.6 Å². The number of carbonyl (C=O) groups is 1. The van der Waals surface area contributed by atoms with E-state index >= 15 is 0 Å². The molecule has 0 radical (unpaired) electrons. The standard InChI is InChI=1S/C15H26F2N2O2/c1-15(2,3)21-14(20)19-8-12(9-19)5-4-11-6-18(7-11)10-13(16)17/h11-13H,4-10H2,1-3H3. The molecule has 0 aliphatic carbocycles. The summed E-state index contributed by atoms with van der Waals surface area (Å²) < 4.78 is 29.6. The normalized spacial score (nSPS) is 21.3. The van der Waals surface area contributed by atoms with E-state index in [2.05, 4.69) is 0 Å². The van der Waals surface area contributed by atoms with Gasteiger partial charge in [-0.3, -0.25) is 4.90 Å². The molecular weight excluding hydrogens is 278 g/mol. The lowest BCUT2D eigenvalue weighted by Crippen LogP contribution is -2.52. The smallest absolute Gasteiger partial charge is 0.410 e. The summed E-state index contributed by atoms with van der Waals surface area (Å²) in [7, 11) is 0. The summed E-state index contributed by atoms with van der Waals surface area (Å²) in [6.07, 6.45) is -0.301. The zero-order chi connectivity index (χ0) is 15.6. The van der Waals surface area contributed by atoms with Crippen molar-refractivity contribution in [3.63, 3.8) is 0 Å². The van der Waals surface area contributed by atoms with Crippen molar-refractivity contribution >= 4 is 6.09 Å². The largest absolute Gasteiger partial charge is 0.444 e. The highest BCUT2D eigenvalue weighted by Crippen LogP contribution is 2.28. The molecule has 0 aromatic rings. The third-order valence-corrected chi connectivity index (χ3v) is 4.02. The molecular formula is C15H26F2N2O2. The van der Waals surface area contributed by atoms with Gasteiger partial charge in [0, 0.05) is 26.2 Å². The quantitative estimate of drug-likeness (QED) is 0.783. The summed E-state index contributed by atoms with van der Waals surface area (Å²) in [5, 5.41) is 0. The van der Waals surface area contributed by atoms with E-state index in [9.17, 15) is 13.6 Å². The van der Waals surface area contributed by atoms with Gasteiger partial charge in [0.1, 0.15) is 5.60 Å². The molecule has 0 unspecified atom stereocenters. The predicted octanol–water partition coefficient (Wildman–Crippen LogP) is 2.83. The summed E-state index contributed by atoms with van der Waals surface area (Å²) in [6, 6.07) is 0. The van der Waals surface area contributed by atoms with Gasteiger partial charge >= 0.3 is 6.09 Å². The molecule has 0 spiro atoms. The van der Waals surface area contributed by atoms with Crippen LogP contribution < -0.4 is 0 Å². The van der Waals surface area contributed by atoms with Gasteiger partial charge in [0.15, 0.2) is 0 Å². The van der Waals surface area contributed by atoms with Gasteiger partial charge in [0.05, 0.1) is 6.54 Å². The van der Waals surface area contributed by atoms with Crippen LogP contribution >= 0.6 is 0 Å². The third-order valence-electron chi connectivity index (χ3n) is 4.02. The van der Waals surface area contributed by atoms with Gasteiger partial charge in [-0.05, 0) is 45.4 Å². The zero-order valence-electron chi connectivity index (χ0n) is 13.1. The van der Waals surface area contributed by atoms with Gasteiger partial charge in [-0.25, -0.2) is 13.6 Å². The third kappa shape index (κ3) is 5.09. The van der Waals surface area contributed by atoms with Gasteiger partial charge in [-0.1, -0.05) is 0 Å². The van der Waals surface area contributed by atoms with Gasteiger partial charge in [0.2, 0.25) is 0 Å². The van der Waals surface area contributed by atoms with Gasteiger partial charge in [0.25, 0.3) is 6.43 Å². The second kappa shape index (κ2) is 6.46. The predicted molar refractivity (Wildman–Crippen MR) is 76.5 cm³/mol. The van der Waals surface area contributed by atoms with E-state index in [-0.39, 0.29) is 12.6 Å². The molecule has 0 aromatic heterocycles. The van der Waals surface area contributed by atoms with Crippen LogP contribution in [-0.2, 0) is 4.74 Å². The molecule has 21 heavy (non-hydrogen) atoms. The minimum Gasteiger partial charge on any atom is -0.444 e. The molecule has 0 N–H and O–H groups in total. The maximum absolute atomic E-state index is 12.2. The van der Waals surface area contributed by atoms with Crippen molar-refractivity contribution in [3.8, 4) is 0 Å². The Morgan fingerprint density at radius 1 is 1.14 bits per heavy atom. The first-order valence-corrected chi connectivity index (χ1v) is 7.71. The lowest BCUT2D eigenvalue weighted by atomic mass is 9.87. The monoisotopic (exact) mass is 304 g/mol. The van der Waals surface area contributed by atoms with Crippen LogP contribution in [0.1, 0.15) is 33.6 Å². The van der Waals surface area contributed by atoms with Crippen LogP contribution in [0.2, 0.25) is 0 Å². The maximum Gasteiger partial charge on any atom is 0.410 e. The average molecular weight is 304 g/mol. The fourth-order valence-corrected chi connectivity index (χ4v) is 2.90. The topological polar surface area (TPSA) is 32.8 Å². The van der Waals surface area contributed by atoms with Crippen LogP contribution in [-0.4, -0.2) is 60.6 Å². The average Bonchev–Trinajstić information content (AvgIpc) is 2.19. The molecule has 2 heterocycles. The number of rotatable bonds is 5. The zero-order valence-corrected chi connectivity index (χ0v) is 13.1. The Labute approximate surface area is 125 Å². The lowest BCUT2D eigenvalue weighted by molar-refractivity contribution is -0.00750. The molecule has 0 bridgehead atoms. The van der Waals surface area contributed by atoms with Crippen LogP contribution in [0.15, 0.2) is 0 Å². The Hall–Kier alpha value is -0.910. The van der Waals surface area contributed by atoms with Crippen LogP contribution in [0.25, 0.3) is 0 Å². The minimum atomic E-state index is -2.22. The molecule has 2 rings (SSSR count). The summed E-state index contributed by atoms with van der Waals surface area (Å²) in [5.41, 5.74) is -0.442. The molecule has 6 heteroatoms. The Morgan fingerprint density at radius 2 is 1.67 bits per heavy atom. The minimum absolute atomic E-state index is 0.0909. The highest BCUT2D eigenvalue weighted by molar-refractivity contribution is 5.69. The molecule has 2 fully saturated rings. The molecule has 2 aliphatic heterocycles. The Balaban J connectivity index is 1.53. The van der Waals surface area contributed by atoms with E-state index in [1.165, 1.54) is 0 Å². The fourth-order valence-electron chi connectivity index (χ4n) is 2.90. The molecule has 4 nitrogen and oxygen atoms in total. The number of halogens is 2. The number of ether oxygens (including phenoxy) is 1. The summed E-state index contributed by atoms with van der Waals surface area (Å²) in [5.74, 6) is 1.10. The highest BCUT2D eigenvalue weighted by atomic mass is 19.3. The molecule has 1 amide bonds. The molecule has 0 atom stereocenters. The van der Waals surface area contributed by atoms with Crippen molar-refractivity contribution in [3.05, 3.63) is 0 Å². The van der Waals surface area contributed by atoms with Gasteiger partial charge in [-0.2, -0.15) is 0 Å². The number of nitrogens with zero attached hydrogens (tertiary/aromatic N) is 2. The Morgan fingerprint density at radius 3 is 2.14 bits per heavy atom. The highest BCUT2D eigenvalue weighted by Gasteiger charge is 2.35. The lowest BCUT2D eigenvalue weighted by Gasteiger charge is -2.43. The molecule has 0 saturated carbocycles. The van der Waals surface area contributed by atoms with E-state index in [1.54, 1.807) is 4.90 Å². The van der Waals surface area contributed by atoms with Crippen molar-refractivity contribution in [2.24, 2.45) is 11.8 Å². The molecule has 122 valence electrons. The van der Waals surface area contributed by atoms with E-state index in [0.717, 1.165) is 39.0 Å². The van der Waals surface area contributed by atoms with Crippen LogP contribution in [0.3, 0.4) is 0 Å². The number of alkyl halides is 2.